The minimum absolute atomic E-state index is 0.160. The summed E-state index contributed by atoms with van der Waals surface area (Å²) in [5, 5.41) is 5.72. The van der Waals surface area contributed by atoms with E-state index < -0.39 is 0 Å². The average Bonchev–Trinajstić information content (AvgIpc) is 2.78. The number of rotatable bonds is 6. The number of aromatic amines is 2. The SMILES string of the molecule is Cc1ccccc1OC(C)CSCc1nc(=S)[nH][nH]1. The van der Waals surface area contributed by atoms with Crippen molar-refractivity contribution in [2.24, 2.45) is 0 Å². The number of para-hydroxylation sites is 1. The molecule has 0 aliphatic heterocycles. The molecule has 0 fully saturated rings. The van der Waals surface area contributed by atoms with E-state index in [4.69, 9.17) is 17.0 Å². The topological polar surface area (TPSA) is 53.7 Å². The predicted octanol–water partition coefficient (Wildman–Crippen LogP) is 3.48. The van der Waals surface area contributed by atoms with E-state index in [0.717, 1.165) is 28.6 Å². The largest absolute Gasteiger partial charge is 0.490 e. The molecule has 19 heavy (non-hydrogen) atoms. The van der Waals surface area contributed by atoms with Crippen molar-refractivity contribution in [1.82, 2.24) is 15.2 Å². The van der Waals surface area contributed by atoms with Crippen LogP contribution in [0.3, 0.4) is 0 Å². The molecule has 0 bridgehead atoms. The molecule has 0 amide bonds. The molecule has 0 radical (unpaired) electrons. The highest BCUT2D eigenvalue weighted by Gasteiger charge is 2.07. The minimum atomic E-state index is 0.160. The Balaban J connectivity index is 1.77. The maximum Gasteiger partial charge on any atom is 0.213 e. The highest BCUT2D eigenvalue weighted by atomic mass is 32.2. The van der Waals surface area contributed by atoms with Gasteiger partial charge >= 0.3 is 0 Å². The van der Waals surface area contributed by atoms with Gasteiger partial charge in [-0.1, -0.05) is 18.2 Å². The Morgan fingerprint density at radius 3 is 2.84 bits per heavy atom. The highest BCUT2D eigenvalue weighted by Crippen LogP contribution is 2.19. The second-order valence-electron chi connectivity index (χ2n) is 4.32. The van der Waals surface area contributed by atoms with E-state index in [0.29, 0.717) is 4.77 Å². The van der Waals surface area contributed by atoms with Gasteiger partial charge in [-0.15, -0.1) is 0 Å². The summed E-state index contributed by atoms with van der Waals surface area (Å²) in [5.41, 5.74) is 1.16. The molecular weight excluding hydrogens is 278 g/mol. The molecule has 4 nitrogen and oxygen atoms in total. The van der Waals surface area contributed by atoms with Crippen molar-refractivity contribution in [3.63, 3.8) is 0 Å². The Bertz CT molecular complexity index is 579. The lowest BCUT2D eigenvalue weighted by molar-refractivity contribution is 0.245. The van der Waals surface area contributed by atoms with E-state index in [1.165, 1.54) is 0 Å². The van der Waals surface area contributed by atoms with Gasteiger partial charge < -0.3 is 4.74 Å². The van der Waals surface area contributed by atoms with Crippen molar-refractivity contribution in [3.8, 4) is 5.75 Å². The summed E-state index contributed by atoms with van der Waals surface area (Å²) in [4.78, 5) is 4.15. The van der Waals surface area contributed by atoms with Gasteiger partial charge in [-0.25, -0.2) is 4.98 Å². The molecule has 1 aromatic carbocycles. The van der Waals surface area contributed by atoms with Crippen molar-refractivity contribution >= 4 is 24.0 Å². The molecule has 2 rings (SSSR count). The summed E-state index contributed by atoms with van der Waals surface area (Å²) in [6, 6.07) is 8.06. The third-order valence-electron chi connectivity index (χ3n) is 2.56. The Kier molecular flexibility index (Phi) is 5.04. The van der Waals surface area contributed by atoms with E-state index in [9.17, 15) is 0 Å². The van der Waals surface area contributed by atoms with Crippen LogP contribution in [0.4, 0.5) is 0 Å². The van der Waals surface area contributed by atoms with Crippen molar-refractivity contribution in [2.45, 2.75) is 25.7 Å². The number of H-pyrrole nitrogens is 2. The van der Waals surface area contributed by atoms with Crippen molar-refractivity contribution < 1.29 is 4.74 Å². The predicted molar refractivity (Wildman–Crippen MR) is 81.2 cm³/mol. The first kappa shape index (κ1) is 14.1. The zero-order chi connectivity index (χ0) is 13.7. The normalized spacial score (nSPS) is 12.3. The van der Waals surface area contributed by atoms with Crippen molar-refractivity contribution in [3.05, 3.63) is 40.4 Å². The maximum absolute atomic E-state index is 5.91. The van der Waals surface area contributed by atoms with Gasteiger partial charge in [0.15, 0.2) is 0 Å². The Morgan fingerprint density at radius 2 is 2.16 bits per heavy atom. The van der Waals surface area contributed by atoms with Crippen LogP contribution in [-0.4, -0.2) is 27.0 Å². The fraction of sp³-hybridized carbons (Fsp3) is 0.385. The van der Waals surface area contributed by atoms with Gasteiger partial charge in [-0.3, -0.25) is 10.2 Å². The lowest BCUT2D eigenvalue weighted by Gasteiger charge is -2.15. The second-order valence-corrected chi connectivity index (χ2v) is 5.74. The van der Waals surface area contributed by atoms with E-state index in [1.807, 2.05) is 18.2 Å². The molecule has 1 unspecified atom stereocenters. The van der Waals surface area contributed by atoms with E-state index in [2.05, 4.69) is 35.1 Å². The molecule has 6 heteroatoms. The van der Waals surface area contributed by atoms with Crippen molar-refractivity contribution in [2.75, 3.05) is 5.75 Å². The van der Waals surface area contributed by atoms with E-state index in [-0.39, 0.29) is 6.10 Å². The monoisotopic (exact) mass is 295 g/mol. The number of aromatic nitrogens is 3. The van der Waals surface area contributed by atoms with Crippen LogP contribution in [0.1, 0.15) is 18.3 Å². The highest BCUT2D eigenvalue weighted by molar-refractivity contribution is 7.98. The number of aryl methyl sites for hydroxylation is 1. The van der Waals surface area contributed by atoms with Gasteiger partial charge in [0, 0.05) is 5.75 Å². The molecule has 1 aromatic heterocycles. The van der Waals surface area contributed by atoms with Crippen LogP contribution in [0.15, 0.2) is 24.3 Å². The van der Waals surface area contributed by atoms with Crippen molar-refractivity contribution in [1.29, 1.82) is 0 Å². The lowest BCUT2D eigenvalue weighted by Crippen LogP contribution is -2.15. The molecule has 0 saturated carbocycles. The van der Waals surface area contributed by atoms with Crippen LogP contribution in [0, 0.1) is 11.7 Å². The summed E-state index contributed by atoms with van der Waals surface area (Å²) < 4.78 is 6.41. The van der Waals surface area contributed by atoms with Crippen LogP contribution in [-0.2, 0) is 5.75 Å². The number of hydrogen-bond donors (Lipinski definition) is 2. The van der Waals surface area contributed by atoms with Crippen LogP contribution in [0.2, 0.25) is 0 Å². The van der Waals surface area contributed by atoms with Gasteiger partial charge in [-0.2, -0.15) is 11.8 Å². The quantitative estimate of drug-likeness (QED) is 0.801. The Hall–Kier alpha value is -1.27. The fourth-order valence-electron chi connectivity index (χ4n) is 1.63. The van der Waals surface area contributed by atoms with E-state index in [1.54, 1.807) is 11.8 Å². The zero-order valence-corrected chi connectivity index (χ0v) is 12.6. The third-order valence-corrected chi connectivity index (χ3v) is 3.94. The number of thioether (sulfide) groups is 1. The molecule has 102 valence electrons. The molecule has 1 heterocycles. The zero-order valence-electron chi connectivity index (χ0n) is 11.0. The van der Waals surface area contributed by atoms with Crippen LogP contribution >= 0.6 is 24.0 Å². The molecule has 1 atom stereocenters. The lowest BCUT2D eigenvalue weighted by atomic mass is 10.2. The number of nitrogens with one attached hydrogen (secondary N) is 2. The first-order valence-electron chi connectivity index (χ1n) is 6.09. The number of hydrogen-bond acceptors (Lipinski definition) is 4. The Morgan fingerprint density at radius 1 is 1.37 bits per heavy atom. The molecule has 2 aromatic rings. The smallest absolute Gasteiger partial charge is 0.213 e. The molecular formula is C13H17N3OS2. The third kappa shape index (κ3) is 4.40. The van der Waals surface area contributed by atoms with Crippen LogP contribution < -0.4 is 4.74 Å². The van der Waals surface area contributed by atoms with Gasteiger partial charge in [0.25, 0.3) is 0 Å². The first-order valence-corrected chi connectivity index (χ1v) is 7.65. The average molecular weight is 295 g/mol. The second kappa shape index (κ2) is 6.77. The molecule has 0 saturated heterocycles. The Labute approximate surface area is 122 Å². The first-order chi connectivity index (χ1) is 9.15. The summed E-state index contributed by atoms with van der Waals surface area (Å²) in [7, 11) is 0. The van der Waals surface area contributed by atoms with Gasteiger partial charge in [-0.05, 0) is 37.7 Å². The number of nitrogens with zero attached hydrogens (tertiary/aromatic N) is 1. The molecule has 0 aliphatic rings. The van der Waals surface area contributed by atoms with Gasteiger partial charge in [0.05, 0.1) is 5.75 Å². The van der Waals surface area contributed by atoms with Crippen LogP contribution in [0.25, 0.3) is 0 Å². The summed E-state index contributed by atoms with van der Waals surface area (Å²) in [6.07, 6.45) is 0.160. The molecule has 2 N–H and O–H groups in total. The minimum Gasteiger partial charge on any atom is -0.490 e. The summed E-state index contributed by atoms with van der Waals surface area (Å²) in [6.45, 7) is 4.13. The maximum atomic E-state index is 5.91. The number of ether oxygens (including phenoxy) is 1. The fourth-order valence-corrected chi connectivity index (χ4v) is 2.64. The van der Waals surface area contributed by atoms with E-state index >= 15 is 0 Å². The molecule has 0 aliphatic carbocycles. The summed E-state index contributed by atoms with van der Waals surface area (Å²) in [5.74, 6) is 3.53. The van der Waals surface area contributed by atoms with Gasteiger partial charge in [0.1, 0.15) is 17.7 Å². The molecule has 0 spiro atoms. The number of benzene rings is 1. The standard InChI is InChI=1S/C13H17N3OS2/c1-9-5-3-4-6-11(9)17-10(2)7-19-8-12-14-13(18)16-15-12/h3-6,10H,7-8H2,1-2H3,(H2,14,15,16,18). The summed E-state index contributed by atoms with van der Waals surface area (Å²) >= 11 is 6.67. The van der Waals surface area contributed by atoms with Gasteiger partial charge in [0.2, 0.25) is 4.77 Å². The van der Waals surface area contributed by atoms with Crippen LogP contribution in [0.5, 0.6) is 5.75 Å².